The first-order valence-electron chi connectivity index (χ1n) is 9.92. The van der Waals surface area contributed by atoms with Gasteiger partial charge in [-0.05, 0) is 62.9 Å². The Balaban J connectivity index is 1.71. The normalized spacial score (nSPS) is 18.4. The number of hydrogen-bond donors (Lipinski definition) is 0. The van der Waals surface area contributed by atoms with E-state index in [0.29, 0.717) is 24.2 Å². The molecule has 1 aromatic heterocycles. The molecule has 3 aromatic rings. The largest absolute Gasteiger partial charge is 0.319 e. The molecule has 1 unspecified atom stereocenters. The number of aryl methyl sites for hydroxylation is 4. The molecule has 1 aliphatic rings. The van der Waals surface area contributed by atoms with E-state index in [1.165, 1.54) is 15.6 Å². The highest BCUT2D eigenvalue weighted by Crippen LogP contribution is 2.27. The van der Waals surface area contributed by atoms with E-state index in [1.54, 1.807) is 24.3 Å². The third-order valence-corrected chi connectivity index (χ3v) is 8.56. The van der Waals surface area contributed by atoms with E-state index in [2.05, 4.69) is 17.1 Å². The van der Waals surface area contributed by atoms with Crippen molar-refractivity contribution in [3.8, 4) is 0 Å². The topological polar surface area (TPSA) is 71.7 Å². The van der Waals surface area contributed by atoms with Crippen LogP contribution in [0.5, 0.6) is 0 Å². The van der Waals surface area contributed by atoms with E-state index in [4.69, 9.17) is 0 Å². The second kappa shape index (κ2) is 7.76. The van der Waals surface area contributed by atoms with Gasteiger partial charge in [0, 0.05) is 13.6 Å². The zero-order valence-corrected chi connectivity index (χ0v) is 19.2. The molecule has 2 aromatic carbocycles. The number of nitrogens with zero attached hydrogens (tertiary/aromatic N) is 3. The second-order valence-electron chi connectivity index (χ2n) is 7.91. The van der Waals surface area contributed by atoms with Crippen molar-refractivity contribution in [3.05, 3.63) is 57.9 Å². The predicted molar refractivity (Wildman–Crippen MR) is 119 cm³/mol. The highest BCUT2D eigenvalue weighted by atomic mass is 32.2. The number of aromatic nitrogens is 1. The van der Waals surface area contributed by atoms with Gasteiger partial charge in [0.25, 0.3) is 5.91 Å². The lowest BCUT2D eigenvalue weighted by atomic mass is 10.1. The maximum Gasteiger partial charge on any atom is 0.266 e. The Morgan fingerprint density at radius 3 is 2.50 bits per heavy atom. The SMILES string of the molecule is Cc1ccc(S(=O)(=O)N2CCCC2C(=O)N=c2sc3cc(C)cc(C)c3n2C)cc1. The average Bonchev–Trinajstić information content (AvgIpc) is 3.28. The fourth-order valence-electron chi connectivity index (χ4n) is 4.08. The Kier molecular flexibility index (Phi) is 5.42. The lowest BCUT2D eigenvalue weighted by Gasteiger charge is -2.21. The van der Waals surface area contributed by atoms with Crippen LogP contribution in [0.2, 0.25) is 0 Å². The van der Waals surface area contributed by atoms with Gasteiger partial charge in [0.15, 0.2) is 4.80 Å². The Morgan fingerprint density at radius 1 is 1.10 bits per heavy atom. The first kappa shape index (κ1) is 21.0. The molecule has 30 heavy (non-hydrogen) atoms. The van der Waals surface area contributed by atoms with Crippen molar-refractivity contribution in [2.75, 3.05) is 6.54 Å². The summed E-state index contributed by atoms with van der Waals surface area (Å²) < 4.78 is 30.6. The molecule has 0 saturated carbocycles. The Bertz CT molecular complexity index is 1300. The molecule has 0 radical (unpaired) electrons. The molecule has 1 saturated heterocycles. The van der Waals surface area contributed by atoms with Crippen molar-refractivity contribution in [2.45, 2.75) is 44.6 Å². The maximum absolute atomic E-state index is 13.1. The standard InChI is InChI=1S/C22H25N3O3S2/c1-14-7-9-17(10-8-14)30(27,28)25-11-5-6-18(25)21(26)23-22-24(4)20-16(3)12-15(2)13-19(20)29-22/h7-10,12-13,18H,5-6,11H2,1-4H3. The van der Waals surface area contributed by atoms with Crippen LogP contribution in [-0.4, -0.2) is 35.8 Å². The summed E-state index contributed by atoms with van der Waals surface area (Å²) in [6.45, 7) is 6.33. The fourth-order valence-corrected chi connectivity index (χ4v) is 6.93. The van der Waals surface area contributed by atoms with E-state index in [-0.39, 0.29) is 4.90 Å². The fraction of sp³-hybridized carbons (Fsp3) is 0.364. The molecule has 1 amide bonds. The first-order valence-corrected chi connectivity index (χ1v) is 12.2. The summed E-state index contributed by atoms with van der Waals surface area (Å²) in [6, 6.07) is 10.2. The molecule has 1 atom stereocenters. The van der Waals surface area contributed by atoms with Crippen molar-refractivity contribution in [3.63, 3.8) is 0 Å². The van der Waals surface area contributed by atoms with Gasteiger partial charge in [-0.25, -0.2) is 8.42 Å². The van der Waals surface area contributed by atoms with Crippen LogP contribution in [0.15, 0.2) is 46.3 Å². The molecule has 4 rings (SSSR count). The summed E-state index contributed by atoms with van der Waals surface area (Å²) >= 11 is 1.45. The third kappa shape index (κ3) is 3.64. The van der Waals surface area contributed by atoms with Gasteiger partial charge in [0.05, 0.1) is 15.1 Å². The van der Waals surface area contributed by atoms with Crippen molar-refractivity contribution < 1.29 is 13.2 Å². The molecular formula is C22H25N3O3S2. The van der Waals surface area contributed by atoms with Crippen LogP contribution in [-0.2, 0) is 21.9 Å². The van der Waals surface area contributed by atoms with Gasteiger partial charge < -0.3 is 4.57 Å². The number of benzene rings is 2. The summed E-state index contributed by atoms with van der Waals surface area (Å²) in [5, 5.41) is 0. The van der Waals surface area contributed by atoms with Gasteiger partial charge in [-0.3, -0.25) is 4.79 Å². The zero-order valence-electron chi connectivity index (χ0n) is 17.5. The maximum atomic E-state index is 13.1. The number of hydrogen-bond acceptors (Lipinski definition) is 4. The summed E-state index contributed by atoms with van der Waals surface area (Å²) in [7, 11) is -1.85. The van der Waals surface area contributed by atoms with Crippen LogP contribution in [0, 0.1) is 20.8 Å². The highest BCUT2D eigenvalue weighted by Gasteiger charge is 2.39. The first-order chi connectivity index (χ1) is 14.2. The molecule has 0 bridgehead atoms. The number of rotatable bonds is 3. The lowest BCUT2D eigenvalue weighted by molar-refractivity contribution is -0.121. The van der Waals surface area contributed by atoms with Crippen molar-refractivity contribution in [1.82, 2.24) is 8.87 Å². The Morgan fingerprint density at radius 2 is 1.80 bits per heavy atom. The Labute approximate surface area is 180 Å². The highest BCUT2D eigenvalue weighted by molar-refractivity contribution is 7.89. The lowest BCUT2D eigenvalue weighted by Crippen LogP contribution is -2.40. The van der Waals surface area contributed by atoms with Crippen molar-refractivity contribution in [2.24, 2.45) is 12.0 Å². The van der Waals surface area contributed by atoms with Crippen molar-refractivity contribution >= 4 is 37.5 Å². The van der Waals surface area contributed by atoms with Gasteiger partial charge in [-0.2, -0.15) is 9.30 Å². The van der Waals surface area contributed by atoms with Crippen LogP contribution in [0.25, 0.3) is 10.2 Å². The smallest absolute Gasteiger partial charge is 0.266 e. The summed E-state index contributed by atoms with van der Waals surface area (Å²) in [5.74, 6) is -0.403. The molecule has 0 N–H and O–H groups in total. The summed E-state index contributed by atoms with van der Waals surface area (Å²) in [4.78, 5) is 18.2. The van der Waals surface area contributed by atoms with Crippen LogP contribution in [0.1, 0.15) is 29.5 Å². The van der Waals surface area contributed by atoms with E-state index in [1.807, 2.05) is 32.4 Å². The molecule has 158 valence electrons. The van der Waals surface area contributed by atoms with Crippen molar-refractivity contribution in [1.29, 1.82) is 0 Å². The van der Waals surface area contributed by atoms with Gasteiger partial charge in [-0.15, -0.1) is 0 Å². The molecular weight excluding hydrogens is 418 g/mol. The molecule has 2 heterocycles. The predicted octanol–water partition coefficient (Wildman–Crippen LogP) is 3.45. The minimum atomic E-state index is -3.74. The van der Waals surface area contributed by atoms with Crippen LogP contribution in [0.3, 0.4) is 0 Å². The monoisotopic (exact) mass is 443 g/mol. The van der Waals surface area contributed by atoms with Crippen LogP contribution < -0.4 is 4.80 Å². The minimum Gasteiger partial charge on any atom is -0.319 e. The van der Waals surface area contributed by atoms with E-state index in [9.17, 15) is 13.2 Å². The van der Waals surface area contributed by atoms with Gasteiger partial charge in [-0.1, -0.05) is 35.1 Å². The molecule has 6 nitrogen and oxygen atoms in total. The molecule has 8 heteroatoms. The number of carbonyl (C=O) groups excluding carboxylic acids is 1. The molecule has 1 aliphatic heterocycles. The van der Waals surface area contributed by atoms with Gasteiger partial charge >= 0.3 is 0 Å². The van der Waals surface area contributed by atoms with Crippen LogP contribution >= 0.6 is 11.3 Å². The van der Waals surface area contributed by atoms with Gasteiger partial charge in [0.2, 0.25) is 10.0 Å². The average molecular weight is 444 g/mol. The summed E-state index contributed by atoms with van der Waals surface area (Å²) in [6.07, 6.45) is 1.13. The van der Waals surface area contributed by atoms with E-state index >= 15 is 0 Å². The third-order valence-electron chi connectivity index (χ3n) is 5.56. The summed E-state index contributed by atoms with van der Waals surface area (Å²) in [5.41, 5.74) is 4.32. The molecule has 1 fully saturated rings. The Hall–Kier alpha value is -2.29. The minimum absolute atomic E-state index is 0.214. The number of carbonyl (C=O) groups is 1. The van der Waals surface area contributed by atoms with Crippen LogP contribution in [0.4, 0.5) is 0 Å². The van der Waals surface area contributed by atoms with E-state index < -0.39 is 22.0 Å². The number of thiazole rings is 1. The number of amides is 1. The van der Waals surface area contributed by atoms with Gasteiger partial charge in [0.1, 0.15) is 6.04 Å². The zero-order chi connectivity index (χ0) is 21.6. The molecule has 0 spiro atoms. The number of fused-ring (bicyclic) bond motifs is 1. The second-order valence-corrected chi connectivity index (χ2v) is 10.8. The van der Waals surface area contributed by atoms with E-state index in [0.717, 1.165) is 26.9 Å². The molecule has 0 aliphatic carbocycles. The number of sulfonamides is 1. The quantitative estimate of drug-likeness (QED) is 0.622.